The van der Waals surface area contributed by atoms with Crippen LogP contribution >= 0.6 is 18.5 Å². The smallest absolute Gasteiger partial charge is 0.455 e. The average molecular weight is 850 g/mol. The third-order valence-corrected chi connectivity index (χ3v) is 13.4. The molecule has 2 heterocycles. The molecule has 0 saturated carbocycles. The summed E-state index contributed by atoms with van der Waals surface area (Å²) in [6.07, 6.45) is -5.25. The number of pyridine rings is 1. The van der Waals surface area contributed by atoms with E-state index in [1.54, 1.807) is 6.07 Å². The number of nitrogens with zero attached hydrogens (tertiary/aromatic N) is 1. The van der Waals surface area contributed by atoms with Crippen LogP contribution in [0.25, 0.3) is 31.1 Å². The Labute approximate surface area is 331 Å². The van der Waals surface area contributed by atoms with Gasteiger partial charge in [0.25, 0.3) is 11.3 Å². The Kier molecular flexibility index (Phi) is 11.1. The van der Waals surface area contributed by atoms with E-state index >= 15 is 0 Å². The summed E-state index contributed by atoms with van der Waals surface area (Å²) in [6, 6.07) is 34.7. The van der Waals surface area contributed by atoms with Crippen molar-refractivity contribution in [1.82, 2.24) is 4.57 Å². The Morgan fingerprint density at radius 3 is 1.62 bits per heavy atom. The predicted molar refractivity (Wildman–Crippen MR) is 194 cm³/mol. The number of ketones is 1. The normalized spacial score (nSPS) is 11.7. The number of thiophene rings is 1. The van der Waals surface area contributed by atoms with Crippen LogP contribution in [0.1, 0.15) is 27.0 Å². The Morgan fingerprint density at radius 2 is 1.14 bits per heavy atom. The molecule has 0 aliphatic heterocycles. The standard InChI is InChI=1S/C21H21OP.C18H10F3NO3S.Eu/c1-16-10-4-7-13-19(16)23(22,20-14-8-5-11-17(20)2)21-15-9-6-12-18(21)3;1-22-13-10(14(23)12(17(22)25)16(24)18(19,20)21)7-6-9-8-4-2-3-5-11(8)26-15(9)13;/h4-15H,1-3H3;2-7,23H,1H3;. The second-order valence-corrected chi connectivity index (χ2v) is 15.5. The molecule has 0 saturated heterocycles. The number of Topliss-reactive ketones (excluding diaryl/α,β-unsaturated/α-hetero) is 1. The molecule has 11 heteroatoms. The van der Waals surface area contributed by atoms with Gasteiger partial charge in [-0.2, -0.15) is 13.2 Å². The summed E-state index contributed by atoms with van der Waals surface area (Å²) < 4.78 is 55.5. The fraction of sp³-hybridized carbons (Fsp3) is 0.128. The number of aryl methyl sites for hydroxylation is 4. The van der Waals surface area contributed by atoms with E-state index in [2.05, 4.69) is 0 Å². The van der Waals surface area contributed by atoms with Gasteiger partial charge < -0.3 is 14.2 Å². The summed E-state index contributed by atoms with van der Waals surface area (Å²) in [6.45, 7) is 6.12. The van der Waals surface area contributed by atoms with Crippen LogP contribution in [-0.2, 0) is 11.6 Å². The number of rotatable bonds is 4. The molecule has 0 atom stereocenters. The zero-order valence-corrected chi connectivity index (χ0v) is 31.5. The first kappa shape index (κ1) is 37.8. The predicted octanol–water partition coefficient (Wildman–Crippen LogP) is 8.61. The third kappa shape index (κ3) is 6.57. The molecule has 255 valence electrons. The summed E-state index contributed by atoms with van der Waals surface area (Å²) in [5, 5.41) is 14.9. The number of aromatic nitrogens is 1. The summed E-state index contributed by atoms with van der Waals surface area (Å²) in [7, 11) is -1.60. The molecule has 7 rings (SSSR count). The minimum absolute atomic E-state index is 0. The molecule has 50 heavy (non-hydrogen) atoms. The van der Waals surface area contributed by atoms with Gasteiger partial charge in [0.15, 0.2) is 7.14 Å². The Hall–Kier alpha value is -3.40. The monoisotopic (exact) mass is 850 g/mol. The van der Waals surface area contributed by atoms with Crippen molar-refractivity contribution >= 4 is 71.3 Å². The van der Waals surface area contributed by atoms with E-state index in [0.717, 1.165) is 52.6 Å². The number of fused-ring (bicyclic) bond motifs is 5. The first-order chi connectivity index (χ1) is 23.3. The molecule has 2 aromatic heterocycles. The fourth-order valence-corrected chi connectivity index (χ4v) is 11.0. The molecule has 0 amide bonds. The van der Waals surface area contributed by atoms with Gasteiger partial charge in [-0.05, 0) is 49.6 Å². The number of carbonyl (C=O) groups excluding carboxylic acids is 1. The van der Waals surface area contributed by atoms with Crippen LogP contribution in [0, 0.1) is 70.1 Å². The van der Waals surface area contributed by atoms with Crippen LogP contribution in [0.15, 0.2) is 114 Å². The van der Waals surface area contributed by atoms with Gasteiger partial charge in [-0.25, -0.2) is 0 Å². The van der Waals surface area contributed by atoms with Gasteiger partial charge in [-0.1, -0.05) is 97.1 Å². The van der Waals surface area contributed by atoms with Crippen molar-refractivity contribution in [3.8, 4) is 5.75 Å². The number of benzene rings is 5. The molecule has 5 aromatic carbocycles. The van der Waals surface area contributed by atoms with Crippen LogP contribution in [0.5, 0.6) is 5.75 Å². The molecular formula is C39H31EuF3NO4PS. The van der Waals surface area contributed by atoms with Crippen molar-refractivity contribution in [3.63, 3.8) is 0 Å². The Bertz CT molecular complexity index is 2420. The molecule has 0 bridgehead atoms. The van der Waals surface area contributed by atoms with Crippen molar-refractivity contribution in [2.75, 3.05) is 0 Å². The topological polar surface area (TPSA) is 76.4 Å². The second-order valence-electron chi connectivity index (χ2n) is 11.8. The molecule has 1 radical (unpaired) electrons. The van der Waals surface area contributed by atoms with E-state index in [-0.39, 0.29) is 54.8 Å². The maximum atomic E-state index is 14.5. The van der Waals surface area contributed by atoms with E-state index in [4.69, 9.17) is 0 Å². The van der Waals surface area contributed by atoms with Gasteiger partial charge in [-0.15, -0.1) is 11.3 Å². The van der Waals surface area contributed by atoms with Gasteiger partial charge in [0, 0.05) is 93.2 Å². The average Bonchev–Trinajstić information content (AvgIpc) is 3.46. The van der Waals surface area contributed by atoms with E-state index in [0.29, 0.717) is 10.2 Å². The van der Waals surface area contributed by atoms with Crippen molar-refractivity contribution in [1.29, 1.82) is 0 Å². The largest absolute Gasteiger partial charge is 0.506 e. The van der Waals surface area contributed by atoms with Crippen LogP contribution in [0.3, 0.4) is 0 Å². The fourth-order valence-electron chi connectivity index (χ4n) is 6.29. The minimum Gasteiger partial charge on any atom is -0.506 e. The first-order valence-corrected chi connectivity index (χ1v) is 17.8. The summed E-state index contributed by atoms with van der Waals surface area (Å²) in [5.74, 6) is -3.29. The maximum absolute atomic E-state index is 14.5. The SMILES string of the molecule is Cc1ccccc1P(=O)(c1ccccc1C)c1ccccc1C.Cn1c(=O)c(C(=O)C(F)(F)F)c(O)c2ccc3c4ccccc4sc3c21.[Eu]. The molecule has 0 spiro atoms. The summed E-state index contributed by atoms with van der Waals surface area (Å²) in [4.78, 5) is 24.0. The molecule has 0 aliphatic rings. The summed E-state index contributed by atoms with van der Waals surface area (Å²) >= 11 is 1.36. The number of carbonyl (C=O) groups is 1. The van der Waals surface area contributed by atoms with Crippen molar-refractivity contribution in [2.24, 2.45) is 7.05 Å². The van der Waals surface area contributed by atoms with Gasteiger partial charge in [-0.3, -0.25) is 9.59 Å². The van der Waals surface area contributed by atoms with Gasteiger partial charge >= 0.3 is 6.18 Å². The van der Waals surface area contributed by atoms with Crippen molar-refractivity contribution in [3.05, 3.63) is 142 Å². The molecule has 5 nitrogen and oxygen atoms in total. The minimum atomic E-state index is -5.25. The Morgan fingerprint density at radius 1 is 0.700 bits per heavy atom. The van der Waals surface area contributed by atoms with E-state index in [1.165, 1.54) is 24.5 Å². The quantitative estimate of drug-likeness (QED) is 0.142. The molecule has 7 aromatic rings. The zero-order chi connectivity index (χ0) is 35.2. The van der Waals surface area contributed by atoms with Crippen molar-refractivity contribution < 1.29 is 77.0 Å². The number of hydrogen-bond acceptors (Lipinski definition) is 5. The number of halogens is 3. The van der Waals surface area contributed by atoms with Gasteiger partial charge in [0.1, 0.15) is 11.3 Å². The third-order valence-electron chi connectivity index (χ3n) is 8.72. The van der Waals surface area contributed by atoms with Crippen LogP contribution in [0.4, 0.5) is 13.2 Å². The van der Waals surface area contributed by atoms with Crippen LogP contribution in [-0.4, -0.2) is 21.6 Å². The second kappa shape index (κ2) is 14.7. The molecule has 0 aliphatic carbocycles. The maximum Gasteiger partial charge on any atom is 0.455 e. The molecule has 0 fully saturated rings. The van der Waals surface area contributed by atoms with E-state index < -0.39 is 36.0 Å². The van der Waals surface area contributed by atoms with E-state index in [9.17, 15) is 32.4 Å². The van der Waals surface area contributed by atoms with E-state index in [1.807, 2.05) is 118 Å². The van der Waals surface area contributed by atoms with Crippen LogP contribution < -0.4 is 21.5 Å². The zero-order valence-electron chi connectivity index (χ0n) is 27.4. The molecule has 0 unspecified atom stereocenters. The van der Waals surface area contributed by atoms with Crippen molar-refractivity contribution in [2.45, 2.75) is 26.9 Å². The first-order valence-electron chi connectivity index (χ1n) is 15.3. The summed E-state index contributed by atoms with van der Waals surface area (Å²) in [5.41, 5.74) is 1.08. The number of hydrogen-bond donors (Lipinski definition) is 1. The van der Waals surface area contributed by atoms with Gasteiger partial charge in [0.2, 0.25) is 0 Å². The van der Waals surface area contributed by atoms with Gasteiger partial charge in [0.05, 0.1) is 10.2 Å². The van der Waals surface area contributed by atoms with Crippen LogP contribution in [0.2, 0.25) is 0 Å². The Balaban J connectivity index is 0.000000192. The molecule has 1 N–H and O–H groups in total. The number of alkyl halides is 3. The number of aromatic hydroxyl groups is 1. The molecular weight excluding hydrogens is 818 g/mol.